The molecule has 0 atom stereocenters. The highest BCUT2D eigenvalue weighted by atomic mass is 35.5. The zero-order chi connectivity index (χ0) is 38.5. The van der Waals surface area contributed by atoms with E-state index in [0.29, 0.717) is 35.5 Å². The number of imidazole rings is 2. The number of hydrogen-bond acceptors (Lipinski definition) is 8. The highest BCUT2D eigenvalue weighted by molar-refractivity contribution is 6.31. The third-order valence-electron chi connectivity index (χ3n) is 8.29. The van der Waals surface area contributed by atoms with Crippen LogP contribution in [-0.4, -0.2) is 51.0 Å². The summed E-state index contributed by atoms with van der Waals surface area (Å²) in [5.74, 6) is -0.887. The van der Waals surface area contributed by atoms with Gasteiger partial charge in [0.15, 0.2) is 0 Å². The first kappa shape index (κ1) is 36.9. The fraction of sp³-hybridized carbons (Fsp3) is 0.132. The Labute approximate surface area is 318 Å². The van der Waals surface area contributed by atoms with Crippen LogP contribution in [0.4, 0.5) is 17.7 Å². The first-order valence-corrected chi connectivity index (χ1v) is 16.9. The lowest BCUT2D eigenvalue weighted by atomic mass is 10.1. The number of nitrogens with one attached hydrogen (secondary N) is 1. The van der Waals surface area contributed by atoms with E-state index >= 15 is 0 Å². The van der Waals surface area contributed by atoms with Gasteiger partial charge in [-0.3, -0.25) is 23.9 Å². The zero-order valence-electron chi connectivity index (χ0n) is 28.7. The summed E-state index contributed by atoms with van der Waals surface area (Å²) in [7, 11) is 0. The number of benzene rings is 2. The van der Waals surface area contributed by atoms with Gasteiger partial charge >= 0.3 is 17.9 Å². The molecule has 0 aliphatic heterocycles. The summed E-state index contributed by atoms with van der Waals surface area (Å²) in [6, 6.07) is 16.8. The molecule has 0 bridgehead atoms. The van der Waals surface area contributed by atoms with Gasteiger partial charge in [0, 0.05) is 35.4 Å². The van der Waals surface area contributed by atoms with Gasteiger partial charge in [-0.05, 0) is 78.6 Å². The maximum Gasteiger partial charge on any atom is 0.372 e. The summed E-state index contributed by atoms with van der Waals surface area (Å²) < 4.78 is 3.16. The van der Waals surface area contributed by atoms with Crippen LogP contribution in [0.25, 0.3) is 31.5 Å². The van der Waals surface area contributed by atoms with Gasteiger partial charge < -0.3 is 25.8 Å². The highest BCUT2D eigenvalue weighted by Gasteiger charge is 2.19. The molecule has 5 aromatic heterocycles. The first-order valence-electron chi connectivity index (χ1n) is 16.1. The van der Waals surface area contributed by atoms with Gasteiger partial charge in [0.2, 0.25) is 11.4 Å². The van der Waals surface area contributed by atoms with Crippen molar-refractivity contribution in [3.05, 3.63) is 152 Å². The molecule has 1 amide bonds. The molecule has 0 aliphatic carbocycles. The number of anilines is 1. The number of rotatable bonds is 8. The van der Waals surface area contributed by atoms with E-state index in [4.69, 9.17) is 47.2 Å². The van der Waals surface area contributed by atoms with E-state index in [-0.39, 0.29) is 29.2 Å². The molecule has 14 nitrogen and oxygen atoms in total. The number of carbonyl (C=O) groups excluding carboxylic acids is 1. The predicted molar refractivity (Wildman–Crippen MR) is 205 cm³/mol. The molecule has 0 radical (unpaired) electrons. The fourth-order valence-electron chi connectivity index (χ4n) is 5.75. The van der Waals surface area contributed by atoms with Crippen LogP contribution in [0.2, 0.25) is 10.0 Å². The summed E-state index contributed by atoms with van der Waals surface area (Å²) in [4.78, 5) is 51.1. The van der Waals surface area contributed by atoms with Crippen LogP contribution in [0.3, 0.4) is 0 Å². The van der Waals surface area contributed by atoms with Crippen LogP contribution < -0.4 is 11.1 Å². The molecular formula is C38H29Cl2N11O3. The number of aromatic carboxylic acids is 1. The van der Waals surface area contributed by atoms with Gasteiger partial charge in [-0.2, -0.15) is 0 Å². The number of aryl methyl sites for hydroxylation is 2. The van der Waals surface area contributed by atoms with Crippen molar-refractivity contribution in [2.75, 3.05) is 5.73 Å². The van der Waals surface area contributed by atoms with Crippen molar-refractivity contribution in [2.45, 2.75) is 33.5 Å². The van der Waals surface area contributed by atoms with Gasteiger partial charge in [0.25, 0.3) is 5.91 Å². The van der Waals surface area contributed by atoms with Crippen molar-refractivity contribution >= 4 is 74.6 Å². The monoisotopic (exact) mass is 757 g/mol. The molecule has 2 aromatic carbocycles. The van der Waals surface area contributed by atoms with Gasteiger partial charge in [0.05, 0.1) is 46.6 Å². The minimum absolute atomic E-state index is 0.0433. The number of nitrogen functional groups attached to an aromatic ring is 1. The molecule has 7 rings (SSSR count). The number of fused-ring (bicyclic) bond motifs is 2. The summed E-state index contributed by atoms with van der Waals surface area (Å²) >= 11 is 12.0. The van der Waals surface area contributed by atoms with Gasteiger partial charge in [-0.1, -0.05) is 35.3 Å². The molecule has 7 aromatic rings. The van der Waals surface area contributed by atoms with E-state index in [9.17, 15) is 9.59 Å². The molecule has 4 N–H and O–H groups in total. The maximum atomic E-state index is 12.7. The third-order valence-corrected chi connectivity index (χ3v) is 8.71. The van der Waals surface area contributed by atoms with E-state index in [0.717, 1.165) is 49.8 Å². The molecule has 0 saturated carbocycles. The SMILES string of the molecule is [C-]#[N+]c1nc(C(=O)NCc2c(C)cc(N)nc2C)cn1Cc1ccc2ncc(Cl)cc2c1.[C-]#[N+]c1nc(C(=O)O)cn1Cc1ccc2ncc(Cl)cc2c1. The predicted octanol–water partition coefficient (Wildman–Crippen LogP) is 7.59. The van der Waals surface area contributed by atoms with Gasteiger partial charge in [0.1, 0.15) is 5.82 Å². The lowest BCUT2D eigenvalue weighted by Gasteiger charge is -2.10. The van der Waals surface area contributed by atoms with Crippen molar-refractivity contribution in [1.29, 1.82) is 0 Å². The average molecular weight is 759 g/mol. The van der Waals surface area contributed by atoms with Gasteiger partial charge in [-0.15, -0.1) is 23.1 Å². The normalized spacial score (nSPS) is 10.7. The summed E-state index contributed by atoms with van der Waals surface area (Å²) in [5, 5.41) is 14.7. The summed E-state index contributed by atoms with van der Waals surface area (Å²) in [6.07, 6.45) is 6.13. The molecule has 0 aliphatic rings. The lowest BCUT2D eigenvalue weighted by Crippen LogP contribution is -2.24. The fourth-order valence-corrected chi connectivity index (χ4v) is 6.08. The van der Waals surface area contributed by atoms with Crippen molar-refractivity contribution in [2.24, 2.45) is 0 Å². The number of carboxylic acid groups (broad SMARTS) is 1. The number of carboxylic acids is 1. The standard InChI is InChI=1S/C23H20ClN7O.C15H9ClN4O2/c1-13-6-21(25)29-14(2)18(13)10-28-22(32)20-12-31(23(26-3)30-20)11-15-4-5-19-16(7-15)8-17(24)9-27-19;1-17-15-19-13(14(21)22)8-20(15)7-9-2-3-12-10(4-9)5-11(16)6-18-12/h4-9,12H,10-11H2,1-2H3,(H2,25,29)(H,28,32);2-6,8H,7H2,(H,21,22). The minimum atomic E-state index is -1.15. The topological polar surface area (TPSA) is 175 Å². The number of amides is 1. The number of pyridine rings is 3. The second-order valence-electron chi connectivity index (χ2n) is 12.1. The van der Waals surface area contributed by atoms with E-state index in [1.165, 1.54) is 10.8 Å². The highest BCUT2D eigenvalue weighted by Crippen LogP contribution is 2.23. The zero-order valence-corrected chi connectivity index (χ0v) is 30.3. The minimum Gasteiger partial charge on any atom is -0.475 e. The Balaban J connectivity index is 0.000000197. The third kappa shape index (κ3) is 8.43. The second kappa shape index (κ2) is 15.8. The average Bonchev–Trinajstić information content (AvgIpc) is 3.75. The number of carbonyl (C=O) groups is 2. The van der Waals surface area contributed by atoms with Crippen molar-refractivity contribution in [3.8, 4) is 0 Å². The number of aromatic nitrogens is 7. The van der Waals surface area contributed by atoms with Crippen LogP contribution in [0.1, 0.15) is 48.9 Å². The Kier molecular flexibility index (Phi) is 10.8. The van der Waals surface area contributed by atoms with Crippen LogP contribution in [0.15, 0.2) is 79.4 Å². The van der Waals surface area contributed by atoms with E-state index in [1.807, 2.05) is 56.3 Å². The quantitative estimate of drug-likeness (QED) is 0.132. The Hall–Kier alpha value is -6.87. The Morgan fingerprint density at radius 3 is 1.81 bits per heavy atom. The number of hydrogen-bond donors (Lipinski definition) is 3. The van der Waals surface area contributed by atoms with Crippen molar-refractivity contribution in [1.82, 2.24) is 39.4 Å². The smallest absolute Gasteiger partial charge is 0.372 e. The second-order valence-corrected chi connectivity index (χ2v) is 13.0. The maximum absolute atomic E-state index is 12.7. The molecule has 16 heteroatoms. The van der Waals surface area contributed by atoms with Gasteiger partial charge in [-0.25, -0.2) is 9.78 Å². The lowest BCUT2D eigenvalue weighted by molar-refractivity contribution is 0.0690. The van der Waals surface area contributed by atoms with Crippen LogP contribution in [-0.2, 0) is 19.6 Å². The molecule has 0 fully saturated rings. The summed E-state index contributed by atoms with van der Waals surface area (Å²) in [6.45, 7) is 19.3. The largest absolute Gasteiger partial charge is 0.475 e. The van der Waals surface area contributed by atoms with Crippen LogP contribution >= 0.6 is 23.2 Å². The Morgan fingerprint density at radius 1 is 0.796 bits per heavy atom. The van der Waals surface area contributed by atoms with Crippen molar-refractivity contribution < 1.29 is 14.7 Å². The molecule has 0 spiro atoms. The van der Waals surface area contributed by atoms with Crippen LogP contribution in [0, 0.1) is 27.0 Å². The Morgan fingerprint density at radius 2 is 1.31 bits per heavy atom. The van der Waals surface area contributed by atoms with E-state index < -0.39 is 5.97 Å². The molecular weight excluding hydrogens is 729 g/mol. The van der Waals surface area contributed by atoms with Crippen LogP contribution in [0.5, 0.6) is 0 Å². The first-order chi connectivity index (χ1) is 25.9. The molecule has 0 unspecified atom stereocenters. The van der Waals surface area contributed by atoms with E-state index in [1.54, 1.807) is 35.3 Å². The number of nitrogens with two attached hydrogens (primary N) is 1. The van der Waals surface area contributed by atoms with Crippen molar-refractivity contribution in [3.63, 3.8) is 0 Å². The summed E-state index contributed by atoms with van der Waals surface area (Å²) in [5.41, 5.74) is 11.9. The molecule has 5 heterocycles. The molecule has 54 heavy (non-hydrogen) atoms. The molecule has 268 valence electrons. The van der Waals surface area contributed by atoms with E-state index in [2.05, 4.69) is 39.9 Å². The Bertz CT molecular complexity index is 2650. The number of nitrogens with zero attached hydrogens (tertiary/aromatic N) is 9. The molecule has 0 saturated heterocycles. The number of halogens is 2.